The molecular weight excluding hydrogens is 365 g/mol. The number of aromatic carboxylic acids is 1. The lowest BCUT2D eigenvalue weighted by Crippen LogP contribution is -2.05. The topological polar surface area (TPSA) is 55.1 Å². The number of hydrogen-bond donors (Lipinski definition) is 1. The van der Waals surface area contributed by atoms with E-state index in [1.165, 1.54) is 28.8 Å². The molecule has 124 valence electrons. The Kier molecular flexibility index (Phi) is 4.10. The van der Waals surface area contributed by atoms with Gasteiger partial charge in [-0.15, -0.1) is 11.3 Å². The van der Waals surface area contributed by atoms with Crippen LogP contribution in [-0.2, 0) is 6.18 Å². The van der Waals surface area contributed by atoms with Crippen LogP contribution in [0.15, 0.2) is 42.6 Å². The van der Waals surface area contributed by atoms with Gasteiger partial charge >= 0.3 is 12.1 Å². The minimum absolute atomic E-state index is 0.0376. The van der Waals surface area contributed by atoms with Crippen molar-refractivity contribution >= 4 is 28.9 Å². The zero-order chi connectivity index (χ0) is 17.5. The molecule has 0 spiro atoms. The van der Waals surface area contributed by atoms with E-state index in [2.05, 4.69) is 4.98 Å². The highest BCUT2D eigenvalue weighted by Crippen LogP contribution is 2.36. The van der Waals surface area contributed by atoms with Gasteiger partial charge in [0.25, 0.3) is 0 Å². The van der Waals surface area contributed by atoms with Crippen LogP contribution in [-0.4, -0.2) is 20.6 Å². The van der Waals surface area contributed by atoms with Crippen molar-refractivity contribution in [1.82, 2.24) is 9.55 Å². The van der Waals surface area contributed by atoms with E-state index in [1.807, 2.05) is 0 Å². The second kappa shape index (κ2) is 5.95. The van der Waals surface area contributed by atoms with Crippen molar-refractivity contribution in [2.45, 2.75) is 6.18 Å². The third-order valence-electron chi connectivity index (χ3n) is 3.18. The van der Waals surface area contributed by atoms with Crippen molar-refractivity contribution in [1.29, 1.82) is 0 Å². The number of aromatic nitrogens is 2. The number of carboxylic acids is 1. The summed E-state index contributed by atoms with van der Waals surface area (Å²) in [5.41, 5.74) is -0.637. The van der Waals surface area contributed by atoms with E-state index < -0.39 is 17.8 Å². The quantitative estimate of drug-likeness (QED) is 0.706. The zero-order valence-corrected chi connectivity index (χ0v) is 13.3. The summed E-state index contributed by atoms with van der Waals surface area (Å²) in [5, 5.41) is 8.91. The Balaban J connectivity index is 2.14. The first kappa shape index (κ1) is 16.5. The van der Waals surface area contributed by atoms with Crippen molar-refractivity contribution in [3.63, 3.8) is 0 Å². The average Bonchev–Trinajstić information content (AvgIpc) is 3.13. The van der Waals surface area contributed by atoms with E-state index in [9.17, 15) is 18.0 Å². The molecule has 0 amide bonds. The molecule has 4 nitrogen and oxygen atoms in total. The standard InChI is InChI=1S/C15H8ClF3N2O2S/c16-12-6-5-10(24-12)13-20-11(15(17,18)19)7-21(13)9-3-1-8(2-4-9)14(22)23/h1-7H,(H,22,23). The first-order valence-corrected chi connectivity index (χ1v) is 7.71. The molecule has 2 heterocycles. The maximum absolute atomic E-state index is 13.0. The second-order valence-corrected chi connectivity index (χ2v) is 6.49. The molecular formula is C15H8ClF3N2O2S. The highest BCUT2D eigenvalue weighted by atomic mass is 35.5. The second-order valence-electron chi connectivity index (χ2n) is 4.77. The molecule has 0 aliphatic rings. The number of carboxylic acid groups (broad SMARTS) is 1. The summed E-state index contributed by atoms with van der Waals surface area (Å²) in [4.78, 5) is 15.0. The van der Waals surface area contributed by atoms with Gasteiger partial charge in [-0.05, 0) is 36.4 Å². The lowest BCUT2D eigenvalue weighted by atomic mass is 10.2. The van der Waals surface area contributed by atoms with E-state index in [-0.39, 0.29) is 11.4 Å². The third kappa shape index (κ3) is 3.15. The van der Waals surface area contributed by atoms with Gasteiger partial charge in [-0.25, -0.2) is 9.78 Å². The first-order chi connectivity index (χ1) is 11.3. The van der Waals surface area contributed by atoms with Crippen molar-refractivity contribution in [2.75, 3.05) is 0 Å². The van der Waals surface area contributed by atoms with Crippen molar-refractivity contribution < 1.29 is 23.1 Å². The zero-order valence-electron chi connectivity index (χ0n) is 11.7. The predicted molar refractivity (Wildman–Crippen MR) is 83.8 cm³/mol. The number of halogens is 4. The number of imidazole rings is 1. The van der Waals surface area contributed by atoms with Crippen LogP contribution in [0.4, 0.5) is 13.2 Å². The van der Waals surface area contributed by atoms with E-state index >= 15 is 0 Å². The largest absolute Gasteiger partial charge is 0.478 e. The Morgan fingerprint density at radius 3 is 2.33 bits per heavy atom. The van der Waals surface area contributed by atoms with E-state index in [0.29, 0.717) is 14.9 Å². The summed E-state index contributed by atoms with van der Waals surface area (Å²) in [6, 6.07) is 8.62. The Morgan fingerprint density at radius 1 is 1.17 bits per heavy atom. The van der Waals surface area contributed by atoms with E-state index in [1.54, 1.807) is 12.1 Å². The minimum Gasteiger partial charge on any atom is -0.478 e. The molecule has 0 aliphatic heterocycles. The summed E-state index contributed by atoms with van der Waals surface area (Å²) in [6.07, 6.45) is -3.72. The number of nitrogens with zero attached hydrogens (tertiary/aromatic N) is 2. The highest BCUT2D eigenvalue weighted by Gasteiger charge is 2.35. The van der Waals surface area contributed by atoms with Gasteiger partial charge in [-0.1, -0.05) is 11.6 Å². The summed E-state index contributed by atoms with van der Waals surface area (Å²) >= 11 is 6.96. The number of alkyl halides is 3. The van der Waals surface area contributed by atoms with Crippen LogP contribution < -0.4 is 0 Å². The molecule has 1 aromatic carbocycles. The summed E-state index contributed by atoms with van der Waals surface area (Å²) in [7, 11) is 0. The minimum atomic E-state index is -4.60. The van der Waals surface area contributed by atoms with Crippen LogP contribution in [0.25, 0.3) is 16.4 Å². The number of carbonyl (C=O) groups is 1. The number of benzene rings is 1. The fourth-order valence-electron chi connectivity index (χ4n) is 2.09. The molecule has 2 aromatic heterocycles. The fourth-order valence-corrected chi connectivity index (χ4v) is 3.12. The number of rotatable bonds is 3. The molecule has 0 radical (unpaired) electrons. The molecule has 0 fully saturated rings. The van der Waals surface area contributed by atoms with Gasteiger partial charge in [0, 0.05) is 11.9 Å². The van der Waals surface area contributed by atoms with Gasteiger partial charge < -0.3 is 5.11 Å². The van der Waals surface area contributed by atoms with Crippen LogP contribution in [0.2, 0.25) is 4.34 Å². The monoisotopic (exact) mass is 372 g/mol. The first-order valence-electron chi connectivity index (χ1n) is 6.52. The Morgan fingerprint density at radius 2 is 1.83 bits per heavy atom. The van der Waals surface area contributed by atoms with E-state index in [0.717, 1.165) is 17.5 Å². The predicted octanol–water partition coefficient (Wildman–Crippen LogP) is 4.97. The smallest absolute Gasteiger partial charge is 0.434 e. The van der Waals surface area contributed by atoms with Gasteiger partial charge in [-0.3, -0.25) is 4.57 Å². The van der Waals surface area contributed by atoms with Crippen LogP contribution in [0.1, 0.15) is 16.1 Å². The van der Waals surface area contributed by atoms with Crippen LogP contribution in [0.5, 0.6) is 0 Å². The van der Waals surface area contributed by atoms with Gasteiger partial charge in [0.1, 0.15) is 0 Å². The van der Waals surface area contributed by atoms with Crippen LogP contribution in [0, 0.1) is 0 Å². The normalized spacial score (nSPS) is 11.7. The fraction of sp³-hybridized carbons (Fsp3) is 0.0667. The van der Waals surface area contributed by atoms with Crippen LogP contribution >= 0.6 is 22.9 Å². The molecule has 3 rings (SSSR count). The van der Waals surface area contributed by atoms with Gasteiger partial charge in [0.15, 0.2) is 11.5 Å². The lowest BCUT2D eigenvalue weighted by Gasteiger charge is -2.06. The highest BCUT2D eigenvalue weighted by molar-refractivity contribution is 7.19. The molecule has 0 bridgehead atoms. The molecule has 0 saturated heterocycles. The van der Waals surface area contributed by atoms with Crippen molar-refractivity contribution in [3.05, 3.63) is 58.2 Å². The Bertz CT molecular complexity index is 900. The van der Waals surface area contributed by atoms with Gasteiger partial charge in [0.05, 0.1) is 14.8 Å². The van der Waals surface area contributed by atoms with Crippen molar-refractivity contribution in [3.8, 4) is 16.4 Å². The van der Waals surface area contributed by atoms with Gasteiger partial charge in [0.2, 0.25) is 0 Å². The van der Waals surface area contributed by atoms with Gasteiger partial charge in [-0.2, -0.15) is 13.2 Å². The molecule has 24 heavy (non-hydrogen) atoms. The van der Waals surface area contributed by atoms with Crippen LogP contribution in [0.3, 0.4) is 0 Å². The van der Waals surface area contributed by atoms with E-state index in [4.69, 9.17) is 16.7 Å². The lowest BCUT2D eigenvalue weighted by molar-refractivity contribution is -0.140. The molecule has 0 saturated carbocycles. The summed E-state index contributed by atoms with van der Waals surface area (Å²) < 4.78 is 40.7. The SMILES string of the molecule is O=C(O)c1ccc(-n2cc(C(F)(F)F)nc2-c2ccc(Cl)s2)cc1. The Labute approximate surface area is 142 Å². The number of hydrogen-bond acceptors (Lipinski definition) is 3. The molecule has 1 N–H and O–H groups in total. The maximum Gasteiger partial charge on any atom is 0.434 e. The molecule has 0 aliphatic carbocycles. The average molecular weight is 373 g/mol. The Hall–Kier alpha value is -2.32. The summed E-state index contributed by atoms with van der Waals surface area (Å²) in [5.74, 6) is -1.03. The molecule has 0 unspecified atom stereocenters. The number of thiophene rings is 1. The molecule has 0 atom stereocenters. The maximum atomic E-state index is 13.0. The molecule has 3 aromatic rings. The van der Waals surface area contributed by atoms with Crippen molar-refractivity contribution in [2.24, 2.45) is 0 Å². The summed E-state index contributed by atoms with van der Waals surface area (Å²) in [6.45, 7) is 0. The third-order valence-corrected chi connectivity index (χ3v) is 4.41. The molecule has 9 heteroatoms.